The summed E-state index contributed by atoms with van der Waals surface area (Å²) in [6.07, 6.45) is -4.17. The molecule has 6 nitrogen and oxygen atoms in total. The Morgan fingerprint density at radius 1 is 1.20 bits per heavy atom. The fourth-order valence-electron chi connectivity index (χ4n) is 3.66. The van der Waals surface area contributed by atoms with E-state index in [2.05, 4.69) is 10.0 Å². The molecule has 2 N–H and O–H groups in total. The molecule has 35 heavy (non-hydrogen) atoms. The molecule has 1 aliphatic rings. The van der Waals surface area contributed by atoms with Crippen LogP contribution in [-0.2, 0) is 16.2 Å². The van der Waals surface area contributed by atoms with Gasteiger partial charge in [0.1, 0.15) is 19.9 Å². The highest BCUT2D eigenvalue weighted by Crippen LogP contribution is 2.41. The minimum absolute atomic E-state index is 0.0769. The van der Waals surface area contributed by atoms with Crippen molar-refractivity contribution in [2.75, 3.05) is 17.8 Å². The molecule has 2 heterocycles. The molecule has 4 rings (SSSR count). The quantitative estimate of drug-likeness (QED) is 0.406. The SMILES string of the molecule is C[C@@]1(Oc2cc(NS(=O)(=O)c3cc(-c4ccc(C#N)cc4)c(Cl)s3)ccc2C(F)(F)F)CCNC1. The molecule has 2 aromatic carbocycles. The number of halogens is 4. The highest BCUT2D eigenvalue weighted by Gasteiger charge is 2.38. The van der Waals surface area contributed by atoms with E-state index in [9.17, 15) is 21.6 Å². The van der Waals surface area contributed by atoms with E-state index in [1.807, 2.05) is 6.07 Å². The maximum Gasteiger partial charge on any atom is 0.419 e. The van der Waals surface area contributed by atoms with E-state index < -0.39 is 33.1 Å². The van der Waals surface area contributed by atoms with Gasteiger partial charge in [0.15, 0.2) is 0 Å². The molecule has 1 atom stereocenters. The lowest BCUT2D eigenvalue weighted by molar-refractivity contribution is -0.139. The molecule has 0 saturated carbocycles. The van der Waals surface area contributed by atoms with E-state index >= 15 is 0 Å². The summed E-state index contributed by atoms with van der Waals surface area (Å²) in [5.41, 5.74) is -0.399. The summed E-state index contributed by atoms with van der Waals surface area (Å²) in [4.78, 5) is 0. The normalized spacial score (nSPS) is 18.3. The van der Waals surface area contributed by atoms with Gasteiger partial charge in [-0.15, -0.1) is 11.3 Å². The zero-order valence-corrected chi connectivity index (χ0v) is 20.6. The molecule has 1 saturated heterocycles. The molecule has 3 aromatic rings. The number of alkyl halides is 3. The summed E-state index contributed by atoms with van der Waals surface area (Å²) in [6, 6.07) is 12.7. The third-order valence-electron chi connectivity index (χ3n) is 5.48. The number of anilines is 1. The van der Waals surface area contributed by atoms with Gasteiger partial charge in [0.05, 0.1) is 22.9 Å². The number of sulfonamides is 1. The van der Waals surface area contributed by atoms with Crippen molar-refractivity contribution >= 4 is 38.6 Å². The van der Waals surface area contributed by atoms with Crippen LogP contribution in [0, 0.1) is 11.3 Å². The lowest BCUT2D eigenvalue weighted by atomic mass is 10.1. The second-order valence-electron chi connectivity index (χ2n) is 8.23. The number of nitrogens with zero attached hydrogens (tertiary/aromatic N) is 1. The second-order valence-corrected chi connectivity index (χ2v) is 11.8. The lowest BCUT2D eigenvalue weighted by Gasteiger charge is -2.27. The van der Waals surface area contributed by atoms with Crippen LogP contribution in [0.5, 0.6) is 5.75 Å². The third-order valence-corrected chi connectivity index (χ3v) is 8.69. The molecule has 1 aromatic heterocycles. The summed E-state index contributed by atoms with van der Waals surface area (Å²) in [6.45, 7) is 2.67. The number of nitriles is 1. The Hall–Kier alpha value is -2.78. The number of nitrogens with one attached hydrogen (secondary N) is 2. The van der Waals surface area contributed by atoms with Gasteiger partial charge in [0.25, 0.3) is 10.0 Å². The topological polar surface area (TPSA) is 91.2 Å². The smallest absolute Gasteiger partial charge is 0.419 e. The lowest BCUT2D eigenvalue weighted by Crippen LogP contribution is -2.35. The average molecular weight is 542 g/mol. The summed E-state index contributed by atoms with van der Waals surface area (Å²) < 4.78 is 74.9. The maximum atomic E-state index is 13.6. The van der Waals surface area contributed by atoms with Crippen molar-refractivity contribution in [1.29, 1.82) is 5.26 Å². The van der Waals surface area contributed by atoms with Gasteiger partial charge in [-0.3, -0.25) is 4.72 Å². The Labute approximate surface area is 209 Å². The average Bonchev–Trinajstić information content (AvgIpc) is 3.39. The number of ether oxygens (including phenoxy) is 1. The summed E-state index contributed by atoms with van der Waals surface area (Å²) >= 11 is 7.09. The molecule has 184 valence electrons. The summed E-state index contributed by atoms with van der Waals surface area (Å²) in [5, 5.41) is 12.0. The molecule has 1 aliphatic heterocycles. The number of thiophene rings is 1. The molecule has 0 radical (unpaired) electrons. The number of hydrogen-bond acceptors (Lipinski definition) is 6. The van der Waals surface area contributed by atoms with E-state index in [-0.39, 0.29) is 14.2 Å². The number of benzene rings is 2. The Kier molecular flexibility index (Phi) is 6.76. The van der Waals surface area contributed by atoms with Crippen molar-refractivity contribution in [1.82, 2.24) is 5.32 Å². The van der Waals surface area contributed by atoms with Crippen LogP contribution in [0.3, 0.4) is 0 Å². The van der Waals surface area contributed by atoms with Crippen LogP contribution < -0.4 is 14.8 Å². The molecule has 0 bridgehead atoms. The first-order valence-corrected chi connectivity index (χ1v) is 13.0. The predicted molar refractivity (Wildman–Crippen MR) is 128 cm³/mol. The minimum Gasteiger partial charge on any atom is -0.485 e. The number of hydrogen-bond donors (Lipinski definition) is 2. The van der Waals surface area contributed by atoms with Crippen LogP contribution in [0.1, 0.15) is 24.5 Å². The van der Waals surface area contributed by atoms with Gasteiger partial charge in [-0.1, -0.05) is 23.7 Å². The Bertz CT molecular complexity index is 1390. The van der Waals surface area contributed by atoms with Crippen LogP contribution in [0.4, 0.5) is 18.9 Å². The molecule has 1 fully saturated rings. The van der Waals surface area contributed by atoms with E-state index in [1.54, 1.807) is 31.2 Å². The van der Waals surface area contributed by atoms with Crippen molar-refractivity contribution in [3.8, 4) is 22.9 Å². The van der Waals surface area contributed by atoms with Gasteiger partial charge in [-0.2, -0.15) is 18.4 Å². The Morgan fingerprint density at radius 3 is 2.51 bits per heavy atom. The molecular weight excluding hydrogens is 523 g/mol. The van der Waals surface area contributed by atoms with Crippen molar-refractivity contribution in [2.45, 2.75) is 29.3 Å². The van der Waals surface area contributed by atoms with Crippen LogP contribution in [0.2, 0.25) is 4.34 Å². The Morgan fingerprint density at radius 2 is 1.91 bits per heavy atom. The largest absolute Gasteiger partial charge is 0.485 e. The molecule has 0 unspecified atom stereocenters. The predicted octanol–water partition coefficient (Wildman–Crippen LogP) is 5.89. The Balaban J connectivity index is 1.64. The molecule has 12 heteroatoms. The van der Waals surface area contributed by atoms with Crippen LogP contribution in [0.25, 0.3) is 11.1 Å². The van der Waals surface area contributed by atoms with E-state index in [4.69, 9.17) is 21.6 Å². The molecular formula is C23H19ClF3N3O3S2. The first-order valence-electron chi connectivity index (χ1n) is 10.3. The van der Waals surface area contributed by atoms with Gasteiger partial charge in [-0.25, -0.2) is 8.42 Å². The van der Waals surface area contributed by atoms with Crippen molar-refractivity contribution < 1.29 is 26.3 Å². The summed E-state index contributed by atoms with van der Waals surface area (Å²) in [7, 11) is -4.16. The van der Waals surface area contributed by atoms with Gasteiger partial charge in [0.2, 0.25) is 0 Å². The van der Waals surface area contributed by atoms with Crippen LogP contribution in [0.15, 0.2) is 52.7 Å². The van der Waals surface area contributed by atoms with Crippen LogP contribution >= 0.6 is 22.9 Å². The second kappa shape index (κ2) is 9.35. The molecule has 0 amide bonds. The highest BCUT2D eigenvalue weighted by molar-refractivity contribution is 7.94. The third kappa shape index (κ3) is 5.56. The summed E-state index contributed by atoms with van der Waals surface area (Å²) in [5.74, 6) is -0.452. The van der Waals surface area contributed by atoms with Gasteiger partial charge >= 0.3 is 6.18 Å². The fraction of sp³-hybridized carbons (Fsp3) is 0.261. The van der Waals surface area contributed by atoms with Crippen molar-refractivity contribution in [3.05, 3.63) is 64.0 Å². The van der Waals surface area contributed by atoms with E-state index in [1.165, 1.54) is 6.07 Å². The zero-order valence-electron chi connectivity index (χ0n) is 18.2. The monoisotopic (exact) mass is 541 g/mol. The fourth-order valence-corrected chi connectivity index (χ4v) is 6.47. The first kappa shape index (κ1) is 25.3. The van der Waals surface area contributed by atoms with Crippen molar-refractivity contribution in [2.24, 2.45) is 0 Å². The maximum absolute atomic E-state index is 13.6. The van der Waals surface area contributed by atoms with E-state index in [0.29, 0.717) is 36.2 Å². The molecule has 0 aliphatic carbocycles. The van der Waals surface area contributed by atoms with Gasteiger partial charge in [0, 0.05) is 24.6 Å². The minimum atomic E-state index is -4.67. The van der Waals surface area contributed by atoms with Gasteiger partial charge < -0.3 is 10.1 Å². The zero-order chi connectivity index (χ0) is 25.4. The number of rotatable bonds is 6. The standard InChI is InChI=1S/C23H19ClF3N3O3S2/c1-22(8-9-29-13-22)33-19-10-16(6-7-18(19)23(25,26)27)30-35(31,32)20-11-17(21(24)34-20)15-4-2-14(12-28)3-5-15/h2-7,10-11,29-30H,8-9,13H2,1H3/t22-/m1/s1. The highest BCUT2D eigenvalue weighted by atomic mass is 35.5. The first-order chi connectivity index (χ1) is 16.4. The molecule has 0 spiro atoms. The van der Waals surface area contributed by atoms with Gasteiger partial charge in [-0.05, 0) is 49.4 Å². The van der Waals surface area contributed by atoms with Crippen LogP contribution in [-0.4, -0.2) is 27.1 Å². The van der Waals surface area contributed by atoms with E-state index in [0.717, 1.165) is 29.5 Å². The van der Waals surface area contributed by atoms with Crippen molar-refractivity contribution in [3.63, 3.8) is 0 Å².